The van der Waals surface area contributed by atoms with E-state index in [0.717, 1.165) is 23.8 Å². The van der Waals surface area contributed by atoms with Gasteiger partial charge in [-0.05, 0) is 75.0 Å². The van der Waals surface area contributed by atoms with E-state index in [1.165, 1.54) is 18.2 Å². The third-order valence-corrected chi connectivity index (χ3v) is 5.30. The Morgan fingerprint density at radius 2 is 1.87 bits per heavy atom. The number of nitrogens with zero attached hydrogens (tertiary/aromatic N) is 2. The van der Waals surface area contributed by atoms with E-state index in [9.17, 15) is 14.0 Å². The standard InChI is InChI=1S/C31H38FN3O4/c1-5-27(18-14-22-32)34-29(36)19-13-17-26(21-24-33-23-12-8-11-20-30(37)38)31(3,4)39-35-28(6-2)25-15-9-7-10-16-25/h5,7,9-10,13-19,21-24H,1,6,8,11-12,20H2,2-4H3,(H,34,36)(H,37,38)/b19-13+,22-14+,24-21+,26-17+,27-18+,33-23?,35-28+. The lowest BCUT2D eigenvalue weighted by Crippen LogP contribution is -2.25. The average Bonchev–Trinajstić information content (AvgIpc) is 2.92. The van der Waals surface area contributed by atoms with Gasteiger partial charge in [-0.25, -0.2) is 4.39 Å². The first-order valence-corrected chi connectivity index (χ1v) is 12.7. The van der Waals surface area contributed by atoms with Crippen LogP contribution < -0.4 is 5.32 Å². The number of aliphatic imine (C=N–C) groups is 1. The molecule has 0 saturated carbocycles. The highest BCUT2D eigenvalue weighted by Gasteiger charge is 2.24. The van der Waals surface area contributed by atoms with E-state index < -0.39 is 17.5 Å². The van der Waals surface area contributed by atoms with Crippen molar-refractivity contribution in [2.45, 2.75) is 58.5 Å². The summed E-state index contributed by atoms with van der Waals surface area (Å²) in [6, 6.07) is 9.76. The number of carbonyl (C=O) groups excluding carboxylic acids is 1. The molecule has 0 aliphatic carbocycles. The number of aliphatic carboxylic acids is 1. The molecule has 208 valence electrons. The summed E-state index contributed by atoms with van der Waals surface area (Å²) in [4.78, 5) is 33.1. The van der Waals surface area contributed by atoms with E-state index in [2.05, 4.69) is 22.0 Å². The van der Waals surface area contributed by atoms with Crippen molar-refractivity contribution in [2.75, 3.05) is 0 Å². The van der Waals surface area contributed by atoms with Gasteiger partial charge in [0.05, 0.1) is 12.0 Å². The molecule has 0 aliphatic rings. The molecule has 0 atom stereocenters. The van der Waals surface area contributed by atoms with Gasteiger partial charge in [0.2, 0.25) is 5.91 Å². The molecule has 0 aliphatic heterocycles. The van der Waals surface area contributed by atoms with Crippen molar-refractivity contribution in [3.63, 3.8) is 0 Å². The summed E-state index contributed by atoms with van der Waals surface area (Å²) in [5, 5.41) is 15.7. The van der Waals surface area contributed by atoms with E-state index in [1.54, 1.807) is 30.6 Å². The Kier molecular flexibility index (Phi) is 15.8. The van der Waals surface area contributed by atoms with Gasteiger partial charge in [0.1, 0.15) is 0 Å². The number of rotatable bonds is 17. The second-order valence-corrected chi connectivity index (χ2v) is 8.76. The van der Waals surface area contributed by atoms with Crippen LogP contribution in [0.4, 0.5) is 4.39 Å². The van der Waals surface area contributed by atoms with E-state index in [-0.39, 0.29) is 6.42 Å². The molecule has 0 saturated heterocycles. The maximum Gasteiger partial charge on any atom is 0.303 e. The number of hydrogen-bond acceptors (Lipinski definition) is 5. The first-order valence-electron chi connectivity index (χ1n) is 12.7. The lowest BCUT2D eigenvalue weighted by molar-refractivity contribution is -0.137. The maximum atomic E-state index is 12.3. The first kappa shape index (κ1) is 32.7. The molecule has 0 spiro atoms. The second kappa shape index (κ2) is 18.8. The molecule has 1 rings (SSSR count). The number of allylic oxidation sites excluding steroid dienone is 5. The number of nitrogens with one attached hydrogen (secondary N) is 1. The topological polar surface area (TPSA) is 100 Å². The predicted octanol–water partition coefficient (Wildman–Crippen LogP) is 6.98. The van der Waals surface area contributed by atoms with Gasteiger partial charge in [0.25, 0.3) is 0 Å². The van der Waals surface area contributed by atoms with Crippen molar-refractivity contribution >= 4 is 23.8 Å². The largest absolute Gasteiger partial charge is 0.481 e. The van der Waals surface area contributed by atoms with Crippen molar-refractivity contribution in [3.8, 4) is 0 Å². The van der Waals surface area contributed by atoms with Gasteiger partial charge in [-0.1, -0.05) is 61.1 Å². The van der Waals surface area contributed by atoms with Crippen LogP contribution in [0.5, 0.6) is 0 Å². The van der Waals surface area contributed by atoms with E-state index >= 15 is 0 Å². The third kappa shape index (κ3) is 14.3. The van der Waals surface area contributed by atoms with Crippen LogP contribution >= 0.6 is 0 Å². The monoisotopic (exact) mass is 535 g/mol. The molecule has 1 amide bonds. The highest BCUT2D eigenvalue weighted by Crippen LogP contribution is 2.23. The van der Waals surface area contributed by atoms with Crippen LogP contribution in [0.3, 0.4) is 0 Å². The maximum absolute atomic E-state index is 12.3. The molecule has 0 aromatic heterocycles. The van der Waals surface area contributed by atoms with Crippen molar-refractivity contribution in [2.24, 2.45) is 10.1 Å². The smallest absolute Gasteiger partial charge is 0.303 e. The van der Waals surface area contributed by atoms with Gasteiger partial charge < -0.3 is 15.3 Å². The molecule has 8 heteroatoms. The molecule has 2 N–H and O–H groups in total. The summed E-state index contributed by atoms with van der Waals surface area (Å²) < 4.78 is 12.2. The minimum absolute atomic E-state index is 0.141. The zero-order valence-electron chi connectivity index (χ0n) is 22.8. The number of halogens is 1. The van der Waals surface area contributed by atoms with Crippen LogP contribution in [0.2, 0.25) is 0 Å². The Labute approximate surface area is 230 Å². The Hall–Kier alpha value is -4.33. The normalized spacial score (nSPS) is 13.6. The predicted molar refractivity (Wildman–Crippen MR) is 156 cm³/mol. The van der Waals surface area contributed by atoms with Crippen LogP contribution in [0, 0.1) is 0 Å². The molecular formula is C31H38FN3O4. The van der Waals surface area contributed by atoms with Crippen molar-refractivity contribution in [1.29, 1.82) is 0 Å². The van der Waals surface area contributed by atoms with Crippen LogP contribution in [-0.2, 0) is 14.4 Å². The van der Waals surface area contributed by atoms with E-state index in [4.69, 9.17) is 9.94 Å². The second-order valence-electron chi connectivity index (χ2n) is 8.76. The molecule has 0 unspecified atom stereocenters. The Morgan fingerprint density at radius 1 is 1.13 bits per heavy atom. The minimum Gasteiger partial charge on any atom is -0.481 e. The number of hydrogen-bond donors (Lipinski definition) is 2. The molecule has 0 bridgehead atoms. The number of carboxylic acids is 1. The van der Waals surface area contributed by atoms with Gasteiger partial charge >= 0.3 is 5.97 Å². The first-order chi connectivity index (χ1) is 18.7. The van der Waals surface area contributed by atoms with Crippen molar-refractivity contribution in [3.05, 3.63) is 109 Å². The SMILES string of the molecule is C=C/C(=C\C=C\F)NC(=O)/C=C/C=C(\C=C\N=CCCCCC(=O)O)C(C)(C)O/N=C(\CC)c1ccccc1. The zero-order valence-corrected chi connectivity index (χ0v) is 22.8. The Morgan fingerprint density at radius 3 is 2.51 bits per heavy atom. The summed E-state index contributed by atoms with van der Waals surface area (Å²) in [6.07, 6.45) is 16.8. The van der Waals surface area contributed by atoms with Crippen molar-refractivity contribution in [1.82, 2.24) is 5.32 Å². The van der Waals surface area contributed by atoms with Crippen LogP contribution in [0.25, 0.3) is 0 Å². The molecule has 0 heterocycles. The zero-order chi connectivity index (χ0) is 28.9. The molecule has 39 heavy (non-hydrogen) atoms. The third-order valence-electron chi connectivity index (χ3n) is 5.30. The van der Waals surface area contributed by atoms with Crippen LogP contribution in [0.1, 0.15) is 58.4 Å². The van der Waals surface area contributed by atoms with Crippen molar-refractivity contribution < 1.29 is 23.9 Å². The lowest BCUT2D eigenvalue weighted by Gasteiger charge is -2.24. The Bertz CT molecular complexity index is 1140. The fraction of sp³-hybridized carbons (Fsp3) is 0.290. The van der Waals surface area contributed by atoms with Gasteiger partial charge in [0, 0.05) is 30.6 Å². The van der Waals surface area contributed by atoms with E-state index in [0.29, 0.717) is 36.9 Å². The number of carboxylic acid groups (broad SMARTS) is 1. The summed E-state index contributed by atoms with van der Waals surface area (Å²) >= 11 is 0. The van der Waals surface area contributed by atoms with E-state index in [1.807, 2.05) is 51.1 Å². The molecule has 1 aromatic carbocycles. The minimum atomic E-state index is -0.873. The molecule has 0 radical (unpaired) electrons. The van der Waals surface area contributed by atoms with Gasteiger partial charge in [-0.2, -0.15) is 0 Å². The summed E-state index contributed by atoms with van der Waals surface area (Å²) in [6.45, 7) is 9.31. The number of unbranched alkanes of at least 4 members (excludes halogenated alkanes) is 2. The van der Waals surface area contributed by atoms with Crippen LogP contribution in [-0.4, -0.2) is 34.5 Å². The number of oxime groups is 1. The van der Waals surface area contributed by atoms with Gasteiger partial charge in [-0.3, -0.25) is 14.6 Å². The summed E-state index contributed by atoms with van der Waals surface area (Å²) in [5.41, 5.74) is 1.94. The lowest BCUT2D eigenvalue weighted by atomic mass is 9.97. The summed E-state index contributed by atoms with van der Waals surface area (Å²) in [5.74, 6) is -1.22. The van der Waals surface area contributed by atoms with Gasteiger partial charge in [-0.15, -0.1) is 0 Å². The molecular weight excluding hydrogens is 497 g/mol. The number of benzene rings is 1. The quantitative estimate of drug-likeness (QED) is 0.0739. The summed E-state index contributed by atoms with van der Waals surface area (Å²) in [7, 11) is 0. The average molecular weight is 536 g/mol. The molecule has 1 aromatic rings. The van der Waals surface area contributed by atoms with Gasteiger partial charge in [0.15, 0.2) is 5.60 Å². The highest BCUT2D eigenvalue weighted by molar-refractivity contribution is 6.00. The fourth-order valence-electron chi connectivity index (χ4n) is 3.13. The van der Waals surface area contributed by atoms with Crippen LogP contribution in [0.15, 0.2) is 113 Å². The fourth-order valence-corrected chi connectivity index (χ4v) is 3.13. The highest BCUT2D eigenvalue weighted by atomic mass is 19.1. The molecule has 7 nitrogen and oxygen atoms in total. The molecule has 0 fully saturated rings. The number of amides is 1. The number of carbonyl (C=O) groups is 2. The Balaban J connectivity index is 3.09.